The summed E-state index contributed by atoms with van der Waals surface area (Å²) >= 11 is 3.44. The van der Waals surface area contributed by atoms with Crippen molar-refractivity contribution in [1.82, 2.24) is 5.32 Å². The molecule has 0 bridgehead atoms. The zero-order valence-corrected chi connectivity index (χ0v) is 15.2. The fourth-order valence-electron chi connectivity index (χ4n) is 2.07. The van der Waals surface area contributed by atoms with Gasteiger partial charge >= 0.3 is 11.9 Å². The Morgan fingerprint density at radius 2 is 1.70 bits per heavy atom. The van der Waals surface area contributed by atoms with Crippen LogP contribution in [0.3, 0.4) is 0 Å². The first-order chi connectivity index (χ1) is 10.8. The molecule has 0 spiro atoms. The molecule has 126 valence electrons. The zero-order valence-electron chi connectivity index (χ0n) is 13.6. The third kappa shape index (κ3) is 5.35. The molecule has 6 nitrogen and oxygen atoms in total. The number of benzene rings is 1. The summed E-state index contributed by atoms with van der Waals surface area (Å²) in [4.78, 5) is 35.3. The van der Waals surface area contributed by atoms with Gasteiger partial charge in [0, 0.05) is 16.5 Å². The molecule has 23 heavy (non-hydrogen) atoms. The molecule has 1 aromatic rings. The molecule has 7 heteroatoms. The molecule has 0 radical (unpaired) electrons. The highest BCUT2D eigenvalue weighted by atomic mass is 79.9. The topological polar surface area (TPSA) is 81.7 Å². The lowest BCUT2D eigenvalue weighted by molar-refractivity contribution is -0.144. The first-order valence-electron chi connectivity index (χ1n) is 7.02. The average Bonchev–Trinajstić information content (AvgIpc) is 2.54. The molecule has 0 saturated carbocycles. The molecule has 0 fully saturated rings. The molecule has 1 aromatic carbocycles. The molecule has 0 saturated heterocycles. The largest absolute Gasteiger partial charge is 0.469 e. The van der Waals surface area contributed by atoms with Crippen molar-refractivity contribution in [3.63, 3.8) is 0 Å². The van der Waals surface area contributed by atoms with E-state index in [0.29, 0.717) is 5.56 Å². The van der Waals surface area contributed by atoms with Crippen molar-refractivity contribution in [2.24, 2.45) is 0 Å². The summed E-state index contributed by atoms with van der Waals surface area (Å²) in [6.07, 6.45) is 0.120. The summed E-state index contributed by atoms with van der Waals surface area (Å²) in [5, 5.41) is 2.60. The van der Waals surface area contributed by atoms with Gasteiger partial charge in [0.25, 0.3) is 5.91 Å². The van der Waals surface area contributed by atoms with E-state index in [1.165, 1.54) is 14.2 Å². The second-order valence-corrected chi connectivity index (χ2v) is 5.88. The van der Waals surface area contributed by atoms with E-state index in [2.05, 4.69) is 30.7 Å². The summed E-state index contributed by atoms with van der Waals surface area (Å²) in [5.41, 5.74) is 2.27. The number of rotatable bonds is 6. The fourth-order valence-corrected chi connectivity index (χ4v) is 2.30. The summed E-state index contributed by atoms with van der Waals surface area (Å²) < 4.78 is 10.1. The standard InChI is InChI=1S/C16H20BrNO5/c1-9-7-11(8-10(2)14(9)17)15(20)18-12(16(21)23-4)5-6-13(19)22-3/h7-8,12H,5-6H2,1-4H3,(H,18,20)/t12-/m0/s1. The number of aryl methyl sites for hydroxylation is 2. The van der Waals surface area contributed by atoms with Crippen LogP contribution in [0.2, 0.25) is 0 Å². The highest BCUT2D eigenvalue weighted by molar-refractivity contribution is 9.10. The van der Waals surface area contributed by atoms with Gasteiger partial charge < -0.3 is 14.8 Å². The van der Waals surface area contributed by atoms with E-state index in [4.69, 9.17) is 0 Å². The summed E-state index contributed by atoms with van der Waals surface area (Å²) in [6.45, 7) is 3.76. The fraction of sp³-hybridized carbons (Fsp3) is 0.438. The molecule has 1 N–H and O–H groups in total. The van der Waals surface area contributed by atoms with Gasteiger partial charge in [-0.25, -0.2) is 4.79 Å². The van der Waals surface area contributed by atoms with Crippen LogP contribution in [0.5, 0.6) is 0 Å². The Morgan fingerprint density at radius 1 is 1.13 bits per heavy atom. The van der Waals surface area contributed by atoms with E-state index in [9.17, 15) is 14.4 Å². The van der Waals surface area contributed by atoms with Crippen molar-refractivity contribution >= 4 is 33.8 Å². The van der Waals surface area contributed by atoms with Crippen molar-refractivity contribution in [1.29, 1.82) is 0 Å². The number of esters is 2. The van der Waals surface area contributed by atoms with Crippen LogP contribution in [0, 0.1) is 13.8 Å². The van der Waals surface area contributed by atoms with Crippen molar-refractivity contribution in [2.45, 2.75) is 32.7 Å². The lowest BCUT2D eigenvalue weighted by Gasteiger charge is -2.16. The van der Waals surface area contributed by atoms with Gasteiger partial charge in [0.15, 0.2) is 0 Å². The van der Waals surface area contributed by atoms with Gasteiger partial charge in [-0.15, -0.1) is 0 Å². The Bertz CT molecular complexity index is 591. The normalized spacial score (nSPS) is 11.5. The smallest absolute Gasteiger partial charge is 0.328 e. The highest BCUT2D eigenvalue weighted by Crippen LogP contribution is 2.22. The molecular weight excluding hydrogens is 366 g/mol. The first kappa shape index (κ1) is 19.2. The van der Waals surface area contributed by atoms with E-state index >= 15 is 0 Å². The van der Waals surface area contributed by atoms with Gasteiger partial charge in [-0.05, 0) is 43.5 Å². The molecular formula is C16H20BrNO5. The van der Waals surface area contributed by atoms with Crippen LogP contribution in [-0.2, 0) is 19.1 Å². The van der Waals surface area contributed by atoms with Crippen molar-refractivity contribution in [2.75, 3.05) is 14.2 Å². The Morgan fingerprint density at radius 3 is 2.17 bits per heavy atom. The number of methoxy groups -OCH3 is 2. The van der Waals surface area contributed by atoms with Crippen molar-refractivity contribution in [3.05, 3.63) is 33.3 Å². The van der Waals surface area contributed by atoms with Crippen molar-refractivity contribution in [3.8, 4) is 0 Å². The molecule has 1 atom stereocenters. The molecule has 0 heterocycles. The molecule has 0 unspecified atom stereocenters. The van der Waals surface area contributed by atoms with Crippen LogP contribution in [0.25, 0.3) is 0 Å². The van der Waals surface area contributed by atoms with E-state index in [1.54, 1.807) is 12.1 Å². The number of hydrogen-bond donors (Lipinski definition) is 1. The van der Waals surface area contributed by atoms with Crippen LogP contribution in [-0.4, -0.2) is 38.1 Å². The van der Waals surface area contributed by atoms with Gasteiger partial charge in [-0.2, -0.15) is 0 Å². The highest BCUT2D eigenvalue weighted by Gasteiger charge is 2.23. The van der Waals surface area contributed by atoms with Crippen LogP contribution in [0.1, 0.15) is 34.3 Å². The third-order valence-corrected chi connectivity index (χ3v) is 4.61. The molecule has 0 aliphatic rings. The Hall–Kier alpha value is -1.89. The predicted octanol–water partition coefficient (Wildman–Crippen LogP) is 2.29. The maximum absolute atomic E-state index is 12.4. The molecule has 0 aliphatic carbocycles. The number of hydrogen-bond acceptors (Lipinski definition) is 5. The minimum atomic E-state index is -0.907. The number of halogens is 1. The first-order valence-corrected chi connectivity index (χ1v) is 7.81. The van der Waals surface area contributed by atoms with Crippen LogP contribution >= 0.6 is 15.9 Å². The summed E-state index contributed by atoms with van der Waals surface area (Å²) in [7, 11) is 2.50. The second-order valence-electron chi connectivity index (χ2n) is 5.09. The monoisotopic (exact) mass is 385 g/mol. The maximum atomic E-state index is 12.4. The van der Waals surface area contributed by atoms with Crippen LogP contribution in [0.4, 0.5) is 0 Å². The van der Waals surface area contributed by atoms with Gasteiger partial charge in [0.2, 0.25) is 0 Å². The summed E-state index contributed by atoms with van der Waals surface area (Å²) in [5.74, 6) is -1.46. The second kappa shape index (κ2) is 8.67. The molecule has 1 rings (SSSR count). The number of amides is 1. The zero-order chi connectivity index (χ0) is 17.6. The van der Waals surface area contributed by atoms with E-state index in [0.717, 1.165) is 15.6 Å². The lowest BCUT2D eigenvalue weighted by Crippen LogP contribution is -2.42. The van der Waals surface area contributed by atoms with E-state index in [1.807, 2.05) is 13.8 Å². The SMILES string of the molecule is COC(=O)CC[C@H](NC(=O)c1cc(C)c(Br)c(C)c1)C(=O)OC. The third-order valence-electron chi connectivity index (χ3n) is 3.35. The lowest BCUT2D eigenvalue weighted by atomic mass is 10.1. The molecule has 0 aliphatic heterocycles. The molecule has 1 amide bonds. The number of ether oxygens (including phenoxy) is 2. The predicted molar refractivity (Wildman–Crippen MR) is 88.1 cm³/mol. The number of nitrogens with one attached hydrogen (secondary N) is 1. The minimum Gasteiger partial charge on any atom is -0.469 e. The van der Waals surface area contributed by atoms with Gasteiger partial charge in [-0.3, -0.25) is 9.59 Å². The van der Waals surface area contributed by atoms with Crippen LogP contribution < -0.4 is 5.32 Å². The Labute approximate surface area is 143 Å². The molecule has 0 aromatic heterocycles. The van der Waals surface area contributed by atoms with Crippen molar-refractivity contribution < 1.29 is 23.9 Å². The Kier molecular flexibility index (Phi) is 7.22. The maximum Gasteiger partial charge on any atom is 0.328 e. The van der Waals surface area contributed by atoms with Gasteiger partial charge in [-0.1, -0.05) is 15.9 Å². The van der Waals surface area contributed by atoms with E-state index < -0.39 is 23.9 Å². The number of carbonyl (C=O) groups excluding carboxylic acids is 3. The van der Waals surface area contributed by atoms with Crippen LogP contribution in [0.15, 0.2) is 16.6 Å². The minimum absolute atomic E-state index is 0.00887. The van der Waals surface area contributed by atoms with E-state index in [-0.39, 0.29) is 12.8 Å². The Balaban J connectivity index is 2.88. The number of carbonyl (C=O) groups is 3. The van der Waals surface area contributed by atoms with Gasteiger partial charge in [0.05, 0.1) is 14.2 Å². The average molecular weight is 386 g/mol. The van der Waals surface area contributed by atoms with Gasteiger partial charge in [0.1, 0.15) is 6.04 Å². The quantitative estimate of drug-likeness (QED) is 0.759. The summed E-state index contributed by atoms with van der Waals surface area (Å²) in [6, 6.07) is 2.54.